The minimum atomic E-state index is -3.81. The Kier molecular flexibility index (Phi) is 5.91. The van der Waals surface area contributed by atoms with Gasteiger partial charge in [0.05, 0.1) is 17.7 Å². The van der Waals surface area contributed by atoms with Gasteiger partial charge < -0.3 is 9.73 Å². The lowest BCUT2D eigenvalue weighted by Crippen LogP contribution is -2.26. The van der Waals surface area contributed by atoms with Crippen LogP contribution in [-0.4, -0.2) is 14.3 Å². The summed E-state index contributed by atoms with van der Waals surface area (Å²) in [6.45, 7) is 1.93. The first-order valence-corrected chi connectivity index (χ1v) is 9.99. The number of hydrogen-bond acceptors (Lipinski definition) is 4. The number of carbonyl (C=O) groups excluding carboxylic acids is 1. The maximum atomic E-state index is 13.0. The van der Waals surface area contributed by atoms with E-state index >= 15 is 0 Å². The van der Waals surface area contributed by atoms with Crippen LogP contribution >= 0.6 is 0 Å². The van der Waals surface area contributed by atoms with E-state index in [2.05, 4.69) is 10.0 Å². The van der Waals surface area contributed by atoms with Gasteiger partial charge in [-0.2, -0.15) is 0 Å². The molecule has 6 nitrogen and oxygen atoms in total. The molecule has 0 aliphatic carbocycles. The molecular formula is C20H19FN2O4S. The number of sulfonamides is 1. The molecule has 3 rings (SSSR count). The highest BCUT2D eigenvalue weighted by Gasteiger charge is 2.18. The van der Waals surface area contributed by atoms with E-state index < -0.39 is 15.9 Å². The maximum Gasteiger partial charge on any atom is 0.251 e. The third-order valence-electron chi connectivity index (χ3n) is 4.15. The third-order valence-corrected chi connectivity index (χ3v) is 5.55. The number of hydrogen-bond donors (Lipinski definition) is 2. The zero-order valence-corrected chi connectivity index (χ0v) is 15.9. The summed E-state index contributed by atoms with van der Waals surface area (Å²) >= 11 is 0. The molecule has 0 fully saturated rings. The Morgan fingerprint density at radius 3 is 2.50 bits per heavy atom. The number of furan rings is 1. The molecule has 0 radical (unpaired) electrons. The van der Waals surface area contributed by atoms with Gasteiger partial charge in [-0.25, -0.2) is 17.5 Å². The maximum absolute atomic E-state index is 13.0. The first-order chi connectivity index (χ1) is 13.3. The molecule has 1 heterocycles. The quantitative estimate of drug-likeness (QED) is 0.636. The molecule has 0 aliphatic rings. The zero-order chi connectivity index (χ0) is 20.1. The monoisotopic (exact) mass is 402 g/mol. The summed E-state index contributed by atoms with van der Waals surface area (Å²) in [6, 6.07) is 13.4. The van der Waals surface area contributed by atoms with Crippen LogP contribution in [0.2, 0.25) is 0 Å². The van der Waals surface area contributed by atoms with Gasteiger partial charge in [0.15, 0.2) is 0 Å². The molecule has 0 saturated heterocycles. The SMILES string of the molecule is Cc1ccc(S(=O)(=O)NCc2ccco2)cc1C(=O)NCc1ccc(F)cc1. The van der Waals surface area contributed by atoms with Crippen LogP contribution in [0.4, 0.5) is 4.39 Å². The van der Waals surface area contributed by atoms with Gasteiger partial charge in [0.25, 0.3) is 5.91 Å². The Balaban J connectivity index is 1.72. The predicted molar refractivity (Wildman–Crippen MR) is 101 cm³/mol. The fourth-order valence-corrected chi connectivity index (χ4v) is 3.57. The second-order valence-corrected chi connectivity index (χ2v) is 7.96. The Morgan fingerprint density at radius 2 is 1.82 bits per heavy atom. The summed E-state index contributed by atoms with van der Waals surface area (Å²) in [6.07, 6.45) is 1.46. The number of aryl methyl sites for hydroxylation is 1. The van der Waals surface area contributed by atoms with Gasteiger partial charge in [0, 0.05) is 12.1 Å². The van der Waals surface area contributed by atoms with Crippen LogP contribution in [0.1, 0.15) is 27.2 Å². The molecule has 0 unspecified atom stereocenters. The molecule has 146 valence electrons. The fourth-order valence-electron chi connectivity index (χ4n) is 2.56. The van der Waals surface area contributed by atoms with Crippen molar-refractivity contribution in [3.8, 4) is 0 Å². The van der Waals surface area contributed by atoms with Gasteiger partial charge in [0.2, 0.25) is 10.0 Å². The van der Waals surface area contributed by atoms with Gasteiger partial charge in [-0.1, -0.05) is 18.2 Å². The van der Waals surface area contributed by atoms with E-state index in [-0.39, 0.29) is 29.4 Å². The van der Waals surface area contributed by atoms with E-state index in [0.29, 0.717) is 11.3 Å². The van der Waals surface area contributed by atoms with Crippen molar-refractivity contribution in [3.63, 3.8) is 0 Å². The number of benzene rings is 2. The van der Waals surface area contributed by atoms with Crippen molar-refractivity contribution >= 4 is 15.9 Å². The second-order valence-electron chi connectivity index (χ2n) is 6.19. The van der Waals surface area contributed by atoms with Crippen LogP contribution in [0, 0.1) is 12.7 Å². The molecule has 8 heteroatoms. The number of carbonyl (C=O) groups is 1. The average Bonchev–Trinajstić information content (AvgIpc) is 3.20. The lowest BCUT2D eigenvalue weighted by atomic mass is 10.1. The molecule has 1 aromatic heterocycles. The number of halogens is 1. The number of amides is 1. The van der Waals surface area contributed by atoms with Crippen LogP contribution in [0.25, 0.3) is 0 Å². The smallest absolute Gasteiger partial charge is 0.251 e. The molecule has 0 spiro atoms. The highest BCUT2D eigenvalue weighted by Crippen LogP contribution is 2.16. The Hall–Kier alpha value is -2.97. The summed E-state index contributed by atoms with van der Waals surface area (Å²) in [7, 11) is -3.81. The van der Waals surface area contributed by atoms with Crippen molar-refractivity contribution in [2.24, 2.45) is 0 Å². The summed E-state index contributed by atoms with van der Waals surface area (Å²) in [5.74, 6) is -0.288. The topological polar surface area (TPSA) is 88.4 Å². The lowest BCUT2D eigenvalue weighted by Gasteiger charge is -2.11. The van der Waals surface area contributed by atoms with Gasteiger partial charge in [0.1, 0.15) is 11.6 Å². The van der Waals surface area contributed by atoms with Crippen molar-refractivity contribution < 1.29 is 22.0 Å². The normalized spacial score (nSPS) is 11.4. The van der Waals surface area contributed by atoms with E-state index in [1.165, 1.54) is 30.5 Å². The molecular weight excluding hydrogens is 383 g/mol. The minimum absolute atomic E-state index is 0.00923. The predicted octanol–water partition coefficient (Wildman–Crippen LogP) is 3.14. The van der Waals surface area contributed by atoms with Crippen molar-refractivity contribution in [3.05, 3.63) is 89.1 Å². The standard InChI is InChI=1S/C20H19FN2O4S/c1-14-4-9-18(28(25,26)23-13-17-3-2-10-27-17)11-19(14)20(24)22-12-15-5-7-16(21)8-6-15/h2-11,23H,12-13H2,1H3,(H,22,24). The molecule has 28 heavy (non-hydrogen) atoms. The average molecular weight is 402 g/mol. The van der Waals surface area contributed by atoms with E-state index in [0.717, 1.165) is 5.56 Å². The van der Waals surface area contributed by atoms with Gasteiger partial charge in [-0.05, 0) is 54.4 Å². The summed E-state index contributed by atoms with van der Waals surface area (Å²) in [4.78, 5) is 12.5. The third kappa shape index (κ3) is 4.85. The Labute approximate surface area is 162 Å². The van der Waals surface area contributed by atoms with Gasteiger partial charge >= 0.3 is 0 Å². The van der Waals surface area contributed by atoms with Crippen LogP contribution in [0.5, 0.6) is 0 Å². The fraction of sp³-hybridized carbons (Fsp3) is 0.150. The van der Waals surface area contributed by atoms with Crippen LogP contribution in [0.3, 0.4) is 0 Å². The lowest BCUT2D eigenvalue weighted by molar-refractivity contribution is 0.0950. The van der Waals surface area contributed by atoms with Crippen LogP contribution < -0.4 is 10.0 Å². The second kappa shape index (κ2) is 8.37. The van der Waals surface area contributed by atoms with Crippen LogP contribution in [0.15, 0.2) is 70.2 Å². The first kappa shape index (κ1) is 19.8. The van der Waals surface area contributed by atoms with Gasteiger partial charge in [-0.3, -0.25) is 4.79 Å². The highest BCUT2D eigenvalue weighted by atomic mass is 32.2. The van der Waals surface area contributed by atoms with E-state index in [1.807, 2.05) is 0 Å². The zero-order valence-electron chi connectivity index (χ0n) is 15.1. The summed E-state index contributed by atoms with van der Waals surface area (Å²) < 4.78 is 45.5. The molecule has 1 amide bonds. The minimum Gasteiger partial charge on any atom is -0.468 e. The number of rotatable bonds is 7. The van der Waals surface area contributed by atoms with Crippen molar-refractivity contribution in [1.29, 1.82) is 0 Å². The highest BCUT2D eigenvalue weighted by molar-refractivity contribution is 7.89. The Morgan fingerprint density at radius 1 is 1.07 bits per heavy atom. The van der Waals surface area contributed by atoms with Crippen LogP contribution in [-0.2, 0) is 23.1 Å². The van der Waals surface area contributed by atoms with E-state index in [1.54, 1.807) is 37.3 Å². The molecule has 0 saturated carbocycles. The van der Waals surface area contributed by atoms with E-state index in [4.69, 9.17) is 4.42 Å². The largest absolute Gasteiger partial charge is 0.468 e. The number of nitrogens with one attached hydrogen (secondary N) is 2. The van der Waals surface area contributed by atoms with Crippen molar-refractivity contribution in [1.82, 2.24) is 10.0 Å². The van der Waals surface area contributed by atoms with Crippen molar-refractivity contribution in [2.45, 2.75) is 24.9 Å². The first-order valence-electron chi connectivity index (χ1n) is 8.50. The van der Waals surface area contributed by atoms with Gasteiger partial charge in [-0.15, -0.1) is 0 Å². The Bertz CT molecular complexity index is 1060. The summed E-state index contributed by atoms with van der Waals surface area (Å²) in [5.41, 5.74) is 1.63. The molecule has 2 aromatic carbocycles. The molecule has 0 bridgehead atoms. The van der Waals surface area contributed by atoms with Crippen molar-refractivity contribution in [2.75, 3.05) is 0 Å². The molecule has 0 aliphatic heterocycles. The van der Waals surface area contributed by atoms with E-state index in [9.17, 15) is 17.6 Å². The molecule has 3 aromatic rings. The molecule has 2 N–H and O–H groups in total. The molecule has 0 atom stereocenters. The summed E-state index contributed by atoms with van der Waals surface area (Å²) in [5, 5.41) is 2.72.